The number of nitrogens with zero attached hydrogens (tertiary/aromatic N) is 2. The van der Waals surface area contributed by atoms with E-state index >= 15 is 0 Å². The van der Waals surface area contributed by atoms with Crippen molar-refractivity contribution < 1.29 is 24.2 Å². The molecule has 10 heteroatoms. The quantitative estimate of drug-likeness (QED) is 0.178. The van der Waals surface area contributed by atoms with Gasteiger partial charge in [-0.15, -0.1) is 0 Å². The molecular formula is C26H16BrClN2O5S. The molecule has 1 N–H and O–H groups in total. The Kier molecular flexibility index (Phi) is 5.70. The number of rotatable bonds is 3. The molecule has 180 valence electrons. The zero-order valence-corrected chi connectivity index (χ0v) is 21.6. The normalized spacial score (nSPS) is 18.7. The summed E-state index contributed by atoms with van der Waals surface area (Å²) < 4.78 is 12.7. The summed E-state index contributed by atoms with van der Waals surface area (Å²) >= 11 is 10.9. The van der Waals surface area contributed by atoms with Crippen molar-refractivity contribution >= 4 is 71.7 Å². The third-order valence-electron chi connectivity index (χ3n) is 5.97. The predicted octanol–water partition coefficient (Wildman–Crippen LogP) is 6.11. The number of hydrogen-bond donors (Lipinski definition) is 1. The first-order valence-corrected chi connectivity index (χ1v) is 12.9. The molecule has 1 fully saturated rings. The minimum atomic E-state index is -0.897. The molecule has 0 radical (unpaired) electrons. The number of benzene rings is 3. The van der Waals surface area contributed by atoms with Crippen LogP contribution in [-0.2, 0) is 9.59 Å². The number of fused-ring (bicyclic) bond motifs is 2. The van der Waals surface area contributed by atoms with Gasteiger partial charge >= 0.3 is 5.91 Å². The molecule has 1 saturated heterocycles. The Morgan fingerprint density at radius 1 is 1.06 bits per heavy atom. The van der Waals surface area contributed by atoms with E-state index in [4.69, 9.17) is 21.1 Å². The van der Waals surface area contributed by atoms with E-state index in [0.717, 1.165) is 9.17 Å². The van der Waals surface area contributed by atoms with Gasteiger partial charge in [0.25, 0.3) is 5.78 Å². The van der Waals surface area contributed by atoms with Crippen molar-refractivity contribution in [3.05, 3.63) is 86.9 Å². The number of carbonyl (C=O) groups excluding carboxylic acids is 2. The highest BCUT2D eigenvalue weighted by atomic mass is 79.9. The Hall–Kier alpha value is -3.40. The molecule has 0 bridgehead atoms. The summed E-state index contributed by atoms with van der Waals surface area (Å²) in [4.78, 5) is 32.8. The number of thiazole rings is 1. The molecular weight excluding hydrogens is 568 g/mol. The highest BCUT2D eigenvalue weighted by Gasteiger charge is 2.48. The van der Waals surface area contributed by atoms with Crippen LogP contribution in [-0.4, -0.2) is 35.0 Å². The maximum absolute atomic E-state index is 13.4. The van der Waals surface area contributed by atoms with Crippen molar-refractivity contribution in [2.24, 2.45) is 0 Å². The number of ketones is 1. The lowest BCUT2D eigenvalue weighted by Crippen LogP contribution is -2.29. The molecule has 1 atom stereocenters. The third-order valence-corrected chi connectivity index (χ3v) is 7.72. The summed E-state index contributed by atoms with van der Waals surface area (Å²) in [6.07, 6.45) is 0. The van der Waals surface area contributed by atoms with E-state index in [1.54, 1.807) is 42.5 Å². The van der Waals surface area contributed by atoms with Gasteiger partial charge in [-0.1, -0.05) is 51.0 Å². The Bertz CT molecular complexity index is 1600. The van der Waals surface area contributed by atoms with Gasteiger partial charge in [-0.3, -0.25) is 14.5 Å². The van der Waals surface area contributed by atoms with Crippen LogP contribution in [0.3, 0.4) is 0 Å². The van der Waals surface area contributed by atoms with Crippen LogP contribution in [0.5, 0.6) is 11.5 Å². The van der Waals surface area contributed by atoms with Crippen molar-refractivity contribution in [2.45, 2.75) is 6.04 Å². The van der Waals surface area contributed by atoms with Crippen molar-refractivity contribution in [3.63, 3.8) is 0 Å². The lowest BCUT2D eigenvalue weighted by Gasteiger charge is -2.23. The van der Waals surface area contributed by atoms with E-state index in [-0.39, 0.29) is 11.3 Å². The first-order chi connectivity index (χ1) is 17.4. The number of ether oxygens (including phenoxy) is 2. The fraction of sp³-hybridized carbons (Fsp3) is 0.115. The number of carbonyl (C=O) groups is 2. The molecule has 1 amide bonds. The highest BCUT2D eigenvalue weighted by Crippen LogP contribution is 2.45. The zero-order chi connectivity index (χ0) is 25.0. The van der Waals surface area contributed by atoms with Gasteiger partial charge in [0.15, 0.2) is 16.6 Å². The molecule has 7 nitrogen and oxygen atoms in total. The van der Waals surface area contributed by atoms with Crippen LogP contribution in [0.2, 0.25) is 5.02 Å². The summed E-state index contributed by atoms with van der Waals surface area (Å²) in [5.41, 5.74) is 1.60. The maximum atomic E-state index is 13.4. The van der Waals surface area contributed by atoms with E-state index in [0.29, 0.717) is 51.5 Å². The molecule has 36 heavy (non-hydrogen) atoms. The zero-order valence-electron chi connectivity index (χ0n) is 18.4. The standard InChI is InChI=1S/C26H16BrClN2O5S/c27-15-3-1-2-13(10-15)22-21(23(31)14-4-7-18-19(11-14)35-9-8-34-18)24(32)25(33)30(22)26-29-17-6-5-16(28)12-20(17)36-26/h1-7,10-12,22,31H,8-9H2/t22-/m0/s1. The monoisotopic (exact) mass is 582 g/mol. The van der Waals surface area contributed by atoms with Gasteiger partial charge in [0, 0.05) is 15.1 Å². The van der Waals surface area contributed by atoms with Crippen molar-refractivity contribution in [2.75, 3.05) is 18.1 Å². The van der Waals surface area contributed by atoms with Gasteiger partial charge < -0.3 is 14.6 Å². The number of aromatic nitrogens is 1. The number of aliphatic hydroxyl groups excluding tert-OH is 1. The van der Waals surface area contributed by atoms with Gasteiger partial charge in [-0.25, -0.2) is 4.98 Å². The first kappa shape index (κ1) is 23.0. The van der Waals surface area contributed by atoms with E-state index < -0.39 is 17.7 Å². The summed E-state index contributed by atoms with van der Waals surface area (Å²) in [7, 11) is 0. The van der Waals surface area contributed by atoms with Gasteiger partial charge in [-0.05, 0) is 54.1 Å². The number of anilines is 1. The second kappa shape index (κ2) is 8.92. The lowest BCUT2D eigenvalue weighted by atomic mass is 9.95. The number of Topliss-reactive ketones (excluding diaryl/α,β-unsaturated/α-hetero) is 1. The first-order valence-electron chi connectivity index (χ1n) is 10.9. The van der Waals surface area contributed by atoms with Gasteiger partial charge in [0.05, 0.1) is 21.8 Å². The summed E-state index contributed by atoms with van der Waals surface area (Å²) in [5.74, 6) is -0.868. The Balaban J connectivity index is 1.54. The lowest BCUT2D eigenvalue weighted by molar-refractivity contribution is -0.132. The topological polar surface area (TPSA) is 89.0 Å². The number of aliphatic hydroxyl groups is 1. The summed E-state index contributed by atoms with van der Waals surface area (Å²) in [6, 6.07) is 16.5. The number of hydrogen-bond acceptors (Lipinski definition) is 7. The summed E-state index contributed by atoms with van der Waals surface area (Å²) in [6.45, 7) is 0.807. The van der Waals surface area contributed by atoms with Crippen molar-refractivity contribution in [1.29, 1.82) is 0 Å². The molecule has 4 aromatic rings. The second-order valence-corrected chi connectivity index (χ2v) is 10.6. The second-order valence-electron chi connectivity index (χ2n) is 8.19. The molecule has 6 rings (SSSR count). The van der Waals surface area contributed by atoms with Crippen LogP contribution >= 0.6 is 38.9 Å². The molecule has 0 unspecified atom stereocenters. The SMILES string of the molecule is O=C1C(=O)N(c2nc3ccc(Cl)cc3s2)[C@@H](c2cccc(Br)c2)C1=C(O)c1ccc2c(c1)OCCO2. The molecule has 0 spiro atoms. The Morgan fingerprint density at radius 3 is 2.67 bits per heavy atom. The van der Waals surface area contributed by atoms with Crippen LogP contribution in [0.25, 0.3) is 16.0 Å². The van der Waals surface area contributed by atoms with E-state index in [9.17, 15) is 14.7 Å². The number of amides is 1. The van der Waals surface area contributed by atoms with Crippen molar-refractivity contribution in [1.82, 2.24) is 4.98 Å². The molecule has 3 heterocycles. The van der Waals surface area contributed by atoms with Gasteiger partial charge in [-0.2, -0.15) is 0 Å². The largest absolute Gasteiger partial charge is 0.507 e. The molecule has 0 aliphatic carbocycles. The number of halogens is 2. The maximum Gasteiger partial charge on any atom is 0.301 e. The van der Waals surface area contributed by atoms with Crippen LogP contribution < -0.4 is 14.4 Å². The average Bonchev–Trinajstić information content (AvgIpc) is 3.41. The predicted molar refractivity (Wildman–Crippen MR) is 141 cm³/mol. The van der Waals surface area contributed by atoms with E-state index in [1.807, 2.05) is 18.2 Å². The molecule has 2 aliphatic rings. The highest BCUT2D eigenvalue weighted by molar-refractivity contribution is 9.10. The summed E-state index contributed by atoms with van der Waals surface area (Å²) in [5, 5.41) is 12.3. The minimum Gasteiger partial charge on any atom is -0.507 e. The van der Waals surface area contributed by atoms with E-state index in [1.165, 1.54) is 16.2 Å². The minimum absolute atomic E-state index is 0.0351. The van der Waals surface area contributed by atoms with Gasteiger partial charge in [0.2, 0.25) is 0 Å². The smallest absolute Gasteiger partial charge is 0.301 e. The Morgan fingerprint density at radius 2 is 1.86 bits per heavy atom. The third kappa shape index (κ3) is 3.84. The fourth-order valence-corrected chi connectivity index (χ4v) is 6.04. The average molecular weight is 584 g/mol. The van der Waals surface area contributed by atoms with Gasteiger partial charge in [0.1, 0.15) is 19.0 Å². The van der Waals surface area contributed by atoms with Crippen LogP contribution in [0.4, 0.5) is 5.13 Å². The Labute approximate surface area is 222 Å². The molecule has 0 saturated carbocycles. The van der Waals surface area contributed by atoms with Crippen LogP contribution in [0, 0.1) is 0 Å². The van der Waals surface area contributed by atoms with Crippen LogP contribution in [0.15, 0.2) is 70.7 Å². The van der Waals surface area contributed by atoms with Crippen LogP contribution in [0.1, 0.15) is 17.2 Å². The molecule has 1 aromatic heterocycles. The van der Waals surface area contributed by atoms with E-state index in [2.05, 4.69) is 20.9 Å². The molecule has 2 aliphatic heterocycles. The van der Waals surface area contributed by atoms with Crippen molar-refractivity contribution in [3.8, 4) is 11.5 Å². The fourth-order valence-electron chi connectivity index (χ4n) is 4.36. The molecule has 3 aromatic carbocycles.